The summed E-state index contributed by atoms with van der Waals surface area (Å²) < 4.78 is 0. The number of rotatable bonds is 2. The molecule has 0 saturated carbocycles. The normalized spacial score (nSPS) is 10.2. The van der Waals surface area contributed by atoms with Crippen molar-refractivity contribution in [3.8, 4) is 17.2 Å². The van der Waals surface area contributed by atoms with Crippen LogP contribution in [0.5, 0.6) is 0 Å². The molecule has 0 aliphatic heterocycles. The van der Waals surface area contributed by atoms with Gasteiger partial charge in [0.15, 0.2) is 0 Å². The Morgan fingerprint density at radius 1 is 1.37 bits per heavy atom. The first-order valence-corrected chi connectivity index (χ1v) is 6.37. The van der Waals surface area contributed by atoms with E-state index in [0.29, 0.717) is 10.6 Å². The summed E-state index contributed by atoms with van der Waals surface area (Å²) in [7, 11) is 0. The first-order chi connectivity index (χ1) is 9.06. The summed E-state index contributed by atoms with van der Waals surface area (Å²) in [4.78, 5) is 14.4. The van der Waals surface area contributed by atoms with Crippen LogP contribution in [0.25, 0.3) is 11.1 Å². The van der Waals surface area contributed by atoms with Crippen molar-refractivity contribution < 1.29 is 0 Å². The third kappa shape index (κ3) is 2.54. The highest BCUT2D eigenvalue weighted by Gasteiger charge is 2.11. The number of halogens is 1. The fourth-order valence-electron chi connectivity index (χ4n) is 2.04. The molecule has 0 aliphatic carbocycles. The molecule has 0 bridgehead atoms. The van der Waals surface area contributed by atoms with Gasteiger partial charge in [-0.2, -0.15) is 5.26 Å². The first-order valence-electron chi connectivity index (χ1n) is 5.99. The van der Waals surface area contributed by atoms with Crippen LogP contribution < -0.4 is 5.56 Å². The molecule has 0 radical (unpaired) electrons. The van der Waals surface area contributed by atoms with E-state index >= 15 is 0 Å². The van der Waals surface area contributed by atoms with Gasteiger partial charge in [-0.05, 0) is 42.7 Å². The predicted octanol–water partition coefficient (Wildman–Crippen LogP) is 3.44. The molecule has 19 heavy (non-hydrogen) atoms. The minimum Gasteiger partial charge on any atom is -0.325 e. The quantitative estimate of drug-likeness (QED) is 0.910. The molecule has 1 aromatic heterocycles. The number of nitriles is 1. The van der Waals surface area contributed by atoms with E-state index in [9.17, 15) is 4.79 Å². The maximum Gasteiger partial charge on any atom is 0.266 e. The lowest BCUT2D eigenvalue weighted by atomic mass is 9.98. The van der Waals surface area contributed by atoms with Gasteiger partial charge in [0.05, 0.1) is 0 Å². The van der Waals surface area contributed by atoms with E-state index in [0.717, 1.165) is 23.2 Å². The zero-order chi connectivity index (χ0) is 14.0. The van der Waals surface area contributed by atoms with Crippen LogP contribution in [0, 0.1) is 18.3 Å². The topological polar surface area (TPSA) is 56.6 Å². The Labute approximate surface area is 116 Å². The second-order valence-electron chi connectivity index (χ2n) is 4.34. The molecule has 1 heterocycles. The van der Waals surface area contributed by atoms with Gasteiger partial charge in [0.2, 0.25) is 0 Å². The third-order valence-corrected chi connectivity index (χ3v) is 3.39. The van der Waals surface area contributed by atoms with Gasteiger partial charge in [-0.25, -0.2) is 0 Å². The van der Waals surface area contributed by atoms with Gasteiger partial charge in [0, 0.05) is 16.3 Å². The van der Waals surface area contributed by atoms with E-state index in [4.69, 9.17) is 16.9 Å². The average Bonchev–Trinajstić information content (AvgIpc) is 2.38. The van der Waals surface area contributed by atoms with Crippen LogP contribution in [0.4, 0.5) is 0 Å². The highest BCUT2D eigenvalue weighted by molar-refractivity contribution is 6.31. The molecule has 2 aromatic rings. The van der Waals surface area contributed by atoms with Crippen molar-refractivity contribution in [2.75, 3.05) is 0 Å². The zero-order valence-corrected chi connectivity index (χ0v) is 11.5. The SMILES string of the molecule is CCc1cc(-c2cc(C)[nH]c(=O)c2C#N)ccc1Cl. The molecule has 2 rings (SSSR count). The molecule has 3 nitrogen and oxygen atoms in total. The molecular formula is C15H13ClN2O. The number of nitrogens with one attached hydrogen (secondary N) is 1. The van der Waals surface area contributed by atoms with Crippen LogP contribution in [0.1, 0.15) is 23.7 Å². The highest BCUT2D eigenvalue weighted by Crippen LogP contribution is 2.27. The van der Waals surface area contributed by atoms with Crippen LogP contribution in [-0.4, -0.2) is 4.98 Å². The summed E-state index contributed by atoms with van der Waals surface area (Å²) >= 11 is 6.09. The van der Waals surface area contributed by atoms with Crippen LogP contribution in [-0.2, 0) is 6.42 Å². The van der Waals surface area contributed by atoms with Crippen molar-refractivity contribution in [1.29, 1.82) is 5.26 Å². The van der Waals surface area contributed by atoms with Crippen molar-refractivity contribution >= 4 is 11.6 Å². The number of benzene rings is 1. The van der Waals surface area contributed by atoms with Gasteiger partial charge in [0.25, 0.3) is 5.56 Å². The maximum absolute atomic E-state index is 11.8. The number of nitrogens with zero attached hydrogens (tertiary/aromatic N) is 1. The van der Waals surface area contributed by atoms with Crippen molar-refractivity contribution in [1.82, 2.24) is 4.98 Å². The summed E-state index contributed by atoms with van der Waals surface area (Å²) in [6.45, 7) is 3.81. The van der Waals surface area contributed by atoms with E-state index in [1.165, 1.54) is 0 Å². The second kappa shape index (κ2) is 5.29. The Bertz CT molecular complexity index is 726. The Morgan fingerprint density at radius 3 is 2.74 bits per heavy atom. The highest BCUT2D eigenvalue weighted by atomic mass is 35.5. The molecule has 0 atom stereocenters. The molecule has 0 spiro atoms. The molecule has 0 aliphatic rings. The van der Waals surface area contributed by atoms with E-state index in [-0.39, 0.29) is 11.1 Å². The number of pyridine rings is 1. The number of aryl methyl sites for hydroxylation is 2. The lowest BCUT2D eigenvalue weighted by molar-refractivity contribution is 1.12. The van der Waals surface area contributed by atoms with Crippen LogP contribution in [0.3, 0.4) is 0 Å². The molecule has 0 unspecified atom stereocenters. The zero-order valence-electron chi connectivity index (χ0n) is 10.7. The molecule has 0 saturated heterocycles. The second-order valence-corrected chi connectivity index (χ2v) is 4.75. The molecule has 96 valence electrons. The standard InChI is InChI=1S/C15H13ClN2O/c1-3-10-7-11(4-5-14(10)16)12-6-9(2)18-15(19)13(12)8-17/h4-7H,3H2,1-2H3,(H,18,19). The third-order valence-electron chi connectivity index (χ3n) is 3.02. The number of hydrogen-bond donors (Lipinski definition) is 1. The number of aromatic amines is 1. The van der Waals surface area contributed by atoms with Gasteiger partial charge in [-0.15, -0.1) is 0 Å². The van der Waals surface area contributed by atoms with Gasteiger partial charge in [-0.1, -0.05) is 24.6 Å². The molecule has 4 heteroatoms. The molecule has 0 amide bonds. The number of hydrogen-bond acceptors (Lipinski definition) is 2. The molecule has 0 fully saturated rings. The Balaban J connectivity index is 2.72. The summed E-state index contributed by atoms with van der Waals surface area (Å²) in [5.74, 6) is 0. The van der Waals surface area contributed by atoms with Crippen LogP contribution >= 0.6 is 11.6 Å². The first kappa shape index (κ1) is 13.4. The van der Waals surface area contributed by atoms with E-state index in [1.807, 2.05) is 31.2 Å². The van der Waals surface area contributed by atoms with Crippen LogP contribution in [0.15, 0.2) is 29.1 Å². The monoisotopic (exact) mass is 272 g/mol. The van der Waals surface area contributed by atoms with Gasteiger partial charge in [0.1, 0.15) is 11.6 Å². The fraction of sp³-hybridized carbons (Fsp3) is 0.200. The number of aromatic nitrogens is 1. The molecular weight excluding hydrogens is 260 g/mol. The summed E-state index contributed by atoms with van der Waals surface area (Å²) in [5.41, 5.74) is 3.00. The van der Waals surface area contributed by atoms with Crippen molar-refractivity contribution in [2.24, 2.45) is 0 Å². The summed E-state index contributed by atoms with van der Waals surface area (Å²) in [5, 5.41) is 9.84. The predicted molar refractivity (Wildman–Crippen MR) is 76.3 cm³/mol. The van der Waals surface area contributed by atoms with Crippen molar-refractivity contribution in [3.05, 3.63) is 56.5 Å². The maximum atomic E-state index is 11.8. The Hall–Kier alpha value is -2.05. The van der Waals surface area contributed by atoms with E-state index in [2.05, 4.69) is 4.98 Å². The minimum atomic E-state index is -0.356. The largest absolute Gasteiger partial charge is 0.325 e. The fourth-order valence-corrected chi connectivity index (χ4v) is 2.29. The summed E-state index contributed by atoms with van der Waals surface area (Å²) in [6, 6.07) is 9.33. The smallest absolute Gasteiger partial charge is 0.266 e. The van der Waals surface area contributed by atoms with Gasteiger partial charge < -0.3 is 4.98 Å². The molecule has 1 N–H and O–H groups in total. The number of H-pyrrole nitrogens is 1. The average molecular weight is 273 g/mol. The lowest BCUT2D eigenvalue weighted by Gasteiger charge is -2.08. The van der Waals surface area contributed by atoms with Crippen molar-refractivity contribution in [3.63, 3.8) is 0 Å². The van der Waals surface area contributed by atoms with E-state index < -0.39 is 0 Å². The minimum absolute atomic E-state index is 0.134. The Morgan fingerprint density at radius 2 is 2.11 bits per heavy atom. The lowest BCUT2D eigenvalue weighted by Crippen LogP contribution is -2.12. The van der Waals surface area contributed by atoms with Gasteiger partial charge >= 0.3 is 0 Å². The Kier molecular flexibility index (Phi) is 3.73. The van der Waals surface area contributed by atoms with Crippen molar-refractivity contribution in [2.45, 2.75) is 20.3 Å². The molecule has 1 aromatic carbocycles. The van der Waals surface area contributed by atoms with E-state index in [1.54, 1.807) is 13.0 Å². The van der Waals surface area contributed by atoms with Crippen LogP contribution in [0.2, 0.25) is 5.02 Å². The van der Waals surface area contributed by atoms with Gasteiger partial charge in [-0.3, -0.25) is 4.79 Å². The summed E-state index contributed by atoms with van der Waals surface area (Å²) in [6.07, 6.45) is 0.802.